The van der Waals surface area contributed by atoms with Crippen molar-refractivity contribution < 1.29 is 19.0 Å². The highest BCUT2D eigenvalue weighted by Gasteiger charge is 2.22. The zero-order valence-electron chi connectivity index (χ0n) is 16.4. The number of hydrogen-bond donors (Lipinski definition) is 1. The van der Waals surface area contributed by atoms with Crippen LogP contribution in [0.5, 0.6) is 11.5 Å². The minimum Gasteiger partial charge on any atom is -0.494 e. The molecule has 1 atom stereocenters. The monoisotopic (exact) mass is 387 g/mol. The first-order valence-corrected chi connectivity index (χ1v) is 9.32. The molecule has 0 saturated carbocycles. The Hall–Kier alpha value is -2.87. The van der Waals surface area contributed by atoms with Crippen LogP contribution in [-0.2, 0) is 24.2 Å². The summed E-state index contributed by atoms with van der Waals surface area (Å²) in [5.74, 6) is 1.19. The maximum Gasteiger partial charge on any atom is 0.271 e. The van der Waals surface area contributed by atoms with E-state index in [4.69, 9.17) is 14.2 Å². The number of rotatable bonds is 8. The maximum atomic E-state index is 12.5. The van der Waals surface area contributed by atoms with Gasteiger partial charge < -0.3 is 19.5 Å². The van der Waals surface area contributed by atoms with Crippen LogP contribution in [0.3, 0.4) is 0 Å². The van der Waals surface area contributed by atoms with Crippen LogP contribution in [0.2, 0.25) is 0 Å². The lowest BCUT2D eigenvalue weighted by molar-refractivity contribution is 0.0942. The Balaban J connectivity index is 1.74. The van der Waals surface area contributed by atoms with E-state index in [2.05, 4.69) is 10.4 Å². The number of hydrogen-bond acceptors (Lipinski definition) is 6. The van der Waals surface area contributed by atoms with Crippen molar-refractivity contribution in [1.82, 2.24) is 15.1 Å². The van der Waals surface area contributed by atoms with Gasteiger partial charge >= 0.3 is 0 Å². The number of aromatic nitrogens is 2. The molecule has 0 saturated heterocycles. The van der Waals surface area contributed by atoms with Crippen molar-refractivity contribution >= 4 is 5.91 Å². The van der Waals surface area contributed by atoms with E-state index >= 15 is 0 Å². The van der Waals surface area contributed by atoms with Gasteiger partial charge in [-0.05, 0) is 32.0 Å². The first-order chi connectivity index (χ1) is 13.5. The molecular weight excluding hydrogens is 362 g/mol. The molecule has 0 radical (unpaired) electrons. The van der Waals surface area contributed by atoms with Gasteiger partial charge in [0.1, 0.15) is 23.3 Å². The number of carbonyl (C=O) groups excluding carboxylic acids is 1. The van der Waals surface area contributed by atoms with Crippen molar-refractivity contribution in [3.05, 3.63) is 51.4 Å². The molecule has 28 heavy (non-hydrogen) atoms. The molecule has 0 spiro atoms. The Morgan fingerprint density at radius 2 is 2.21 bits per heavy atom. The van der Waals surface area contributed by atoms with Gasteiger partial charge in [0.15, 0.2) is 0 Å². The Morgan fingerprint density at radius 1 is 1.39 bits per heavy atom. The van der Waals surface area contributed by atoms with Gasteiger partial charge in [-0.2, -0.15) is 5.10 Å². The van der Waals surface area contributed by atoms with E-state index in [0.717, 1.165) is 29.0 Å². The van der Waals surface area contributed by atoms with Crippen LogP contribution in [0.25, 0.3) is 0 Å². The van der Waals surface area contributed by atoms with E-state index in [9.17, 15) is 9.59 Å². The normalized spacial score (nSPS) is 15.0. The van der Waals surface area contributed by atoms with Crippen LogP contribution in [0.1, 0.15) is 35.5 Å². The number of ether oxygens (including phenoxy) is 3. The zero-order valence-corrected chi connectivity index (χ0v) is 16.4. The minimum atomic E-state index is -0.372. The van der Waals surface area contributed by atoms with Crippen LogP contribution in [0, 0.1) is 0 Å². The highest BCUT2D eigenvalue weighted by atomic mass is 16.5. The van der Waals surface area contributed by atoms with E-state index in [-0.39, 0.29) is 36.4 Å². The smallest absolute Gasteiger partial charge is 0.271 e. The van der Waals surface area contributed by atoms with Crippen molar-refractivity contribution in [2.45, 2.75) is 39.5 Å². The number of fused-ring (bicyclic) bond motifs is 1. The molecule has 0 fully saturated rings. The van der Waals surface area contributed by atoms with Crippen molar-refractivity contribution in [2.24, 2.45) is 0 Å². The van der Waals surface area contributed by atoms with Crippen molar-refractivity contribution in [1.29, 1.82) is 0 Å². The summed E-state index contributed by atoms with van der Waals surface area (Å²) >= 11 is 0. The molecule has 8 nitrogen and oxygen atoms in total. The van der Waals surface area contributed by atoms with Crippen LogP contribution in [0.4, 0.5) is 0 Å². The molecule has 8 heteroatoms. The van der Waals surface area contributed by atoms with E-state index in [1.807, 2.05) is 26.0 Å². The fourth-order valence-electron chi connectivity index (χ4n) is 3.08. The molecule has 0 bridgehead atoms. The fraction of sp³-hybridized carbons (Fsp3) is 0.450. The predicted octanol–water partition coefficient (Wildman–Crippen LogP) is 1.54. The molecule has 1 amide bonds. The second-order valence-electron chi connectivity index (χ2n) is 6.59. The fourth-order valence-corrected chi connectivity index (χ4v) is 3.08. The Labute approximate surface area is 163 Å². The number of amides is 1. The van der Waals surface area contributed by atoms with Crippen molar-refractivity contribution in [2.75, 3.05) is 20.3 Å². The topological polar surface area (TPSA) is 91.7 Å². The summed E-state index contributed by atoms with van der Waals surface area (Å²) in [7, 11) is 1.54. The van der Waals surface area contributed by atoms with Gasteiger partial charge in [0.2, 0.25) is 0 Å². The third kappa shape index (κ3) is 4.51. The van der Waals surface area contributed by atoms with Gasteiger partial charge in [-0.1, -0.05) is 0 Å². The number of methoxy groups -OCH3 is 1. The van der Waals surface area contributed by atoms with Gasteiger partial charge in [-0.25, -0.2) is 4.68 Å². The van der Waals surface area contributed by atoms with Crippen LogP contribution in [-0.4, -0.2) is 42.1 Å². The summed E-state index contributed by atoms with van der Waals surface area (Å²) in [6, 6.07) is 6.63. The molecule has 2 aromatic rings. The van der Waals surface area contributed by atoms with E-state index in [1.54, 1.807) is 7.11 Å². The SMILES string of the molecule is CCOc1cc2c(cc1CNC(=O)c1ccc(=O)n(CCOC)n1)O[C@@H](C)C2. The van der Waals surface area contributed by atoms with Crippen molar-refractivity contribution in [3.8, 4) is 11.5 Å². The molecule has 3 rings (SSSR count). The molecule has 1 aromatic carbocycles. The molecular formula is C20H25N3O5. The van der Waals surface area contributed by atoms with Gasteiger partial charge in [0, 0.05) is 37.3 Å². The standard InChI is InChI=1S/C20H25N3O5/c1-4-27-17-10-14-9-13(2)28-18(14)11-15(17)12-21-20(25)16-5-6-19(24)23(22-16)7-8-26-3/h5-6,10-11,13H,4,7-9,12H2,1-3H3,(H,21,25)/t13-/m0/s1. The number of benzene rings is 1. The third-order valence-corrected chi connectivity index (χ3v) is 4.42. The number of nitrogens with zero attached hydrogens (tertiary/aromatic N) is 2. The summed E-state index contributed by atoms with van der Waals surface area (Å²) in [4.78, 5) is 24.3. The average Bonchev–Trinajstić information content (AvgIpc) is 3.04. The highest BCUT2D eigenvalue weighted by molar-refractivity contribution is 5.92. The molecule has 2 heterocycles. The summed E-state index contributed by atoms with van der Waals surface area (Å²) in [6.45, 7) is 5.35. The number of carbonyl (C=O) groups is 1. The van der Waals surface area contributed by atoms with Crippen LogP contribution < -0.4 is 20.3 Å². The second kappa shape index (κ2) is 8.88. The molecule has 1 aliphatic rings. The van der Waals surface area contributed by atoms with Crippen molar-refractivity contribution in [3.63, 3.8) is 0 Å². The lowest BCUT2D eigenvalue weighted by Crippen LogP contribution is -2.30. The Morgan fingerprint density at radius 3 is 2.96 bits per heavy atom. The Bertz CT molecular complexity index is 909. The maximum absolute atomic E-state index is 12.5. The summed E-state index contributed by atoms with van der Waals surface area (Å²) < 4.78 is 17.7. The lowest BCUT2D eigenvalue weighted by atomic mass is 10.1. The van der Waals surface area contributed by atoms with Gasteiger partial charge in [-0.15, -0.1) is 0 Å². The van der Waals surface area contributed by atoms with E-state index in [1.165, 1.54) is 16.8 Å². The molecule has 150 valence electrons. The number of nitrogens with one attached hydrogen (secondary N) is 1. The summed E-state index contributed by atoms with van der Waals surface area (Å²) in [5, 5.41) is 6.94. The molecule has 1 aliphatic heterocycles. The Kier molecular flexibility index (Phi) is 6.30. The van der Waals surface area contributed by atoms with Crippen LogP contribution in [0.15, 0.2) is 29.1 Å². The summed E-state index contributed by atoms with van der Waals surface area (Å²) in [5.41, 5.74) is 1.82. The van der Waals surface area contributed by atoms with Gasteiger partial charge in [0.05, 0.1) is 19.8 Å². The molecule has 1 aromatic heterocycles. The van der Waals surface area contributed by atoms with E-state index < -0.39 is 0 Å². The van der Waals surface area contributed by atoms with Gasteiger partial charge in [0.25, 0.3) is 11.5 Å². The third-order valence-electron chi connectivity index (χ3n) is 4.42. The highest BCUT2D eigenvalue weighted by Crippen LogP contribution is 2.35. The zero-order chi connectivity index (χ0) is 20.1. The predicted molar refractivity (Wildman–Crippen MR) is 103 cm³/mol. The quantitative estimate of drug-likeness (QED) is 0.739. The van der Waals surface area contributed by atoms with E-state index in [0.29, 0.717) is 13.2 Å². The first-order valence-electron chi connectivity index (χ1n) is 9.32. The van der Waals surface area contributed by atoms with Gasteiger partial charge in [-0.3, -0.25) is 9.59 Å². The lowest BCUT2D eigenvalue weighted by Gasteiger charge is -2.13. The molecule has 0 unspecified atom stereocenters. The first kappa shape index (κ1) is 19.9. The summed E-state index contributed by atoms with van der Waals surface area (Å²) in [6.07, 6.45) is 0.973. The largest absolute Gasteiger partial charge is 0.494 e. The molecule has 1 N–H and O–H groups in total. The second-order valence-corrected chi connectivity index (χ2v) is 6.59. The molecule has 0 aliphatic carbocycles. The average molecular weight is 387 g/mol. The van der Waals surface area contributed by atoms with Crippen LogP contribution >= 0.6 is 0 Å². The minimum absolute atomic E-state index is 0.131.